The molecule has 2 rings (SSSR count). The Labute approximate surface area is 115 Å². The van der Waals surface area contributed by atoms with E-state index in [1.807, 2.05) is 5.38 Å². The number of anilines is 1. The maximum Gasteiger partial charge on any atom is 0.303 e. The molecule has 0 aliphatic carbocycles. The molecule has 1 fully saturated rings. The van der Waals surface area contributed by atoms with Crippen molar-refractivity contribution in [2.24, 2.45) is 0 Å². The number of aryl methyl sites for hydroxylation is 1. The van der Waals surface area contributed by atoms with Gasteiger partial charge >= 0.3 is 5.97 Å². The Hall–Kier alpha value is -1.63. The molecule has 2 N–H and O–H groups in total. The van der Waals surface area contributed by atoms with Gasteiger partial charge in [0.1, 0.15) is 0 Å². The van der Waals surface area contributed by atoms with Crippen molar-refractivity contribution >= 4 is 28.3 Å². The first kappa shape index (κ1) is 13.8. The number of carbonyl (C=O) groups excluding carboxylic acids is 1. The molecule has 1 amide bonds. The zero-order valence-corrected chi connectivity index (χ0v) is 11.6. The number of carboxylic acids is 1. The van der Waals surface area contributed by atoms with E-state index in [0.29, 0.717) is 19.4 Å². The van der Waals surface area contributed by atoms with Gasteiger partial charge in [-0.05, 0) is 6.42 Å². The van der Waals surface area contributed by atoms with Crippen molar-refractivity contribution in [2.45, 2.75) is 31.7 Å². The van der Waals surface area contributed by atoms with Crippen LogP contribution in [0.5, 0.6) is 0 Å². The lowest BCUT2D eigenvalue weighted by Gasteiger charge is -2.29. The van der Waals surface area contributed by atoms with E-state index in [2.05, 4.69) is 10.3 Å². The molecule has 104 valence electrons. The molecule has 1 aliphatic heterocycles. The number of carbonyl (C=O) groups is 2. The second-order valence-electron chi connectivity index (χ2n) is 4.69. The summed E-state index contributed by atoms with van der Waals surface area (Å²) in [4.78, 5) is 27.9. The summed E-state index contributed by atoms with van der Waals surface area (Å²) in [6.45, 7) is 0.683. The van der Waals surface area contributed by atoms with Crippen LogP contribution >= 0.6 is 11.3 Å². The Bertz CT molecular complexity index is 475. The number of piperidine rings is 1. The fourth-order valence-electron chi connectivity index (χ4n) is 2.03. The zero-order chi connectivity index (χ0) is 13.8. The van der Waals surface area contributed by atoms with E-state index < -0.39 is 5.97 Å². The van der Waals surface area contributed by atoms with E-state index in [-0.39, 0.29) is 18.4 Å². The molecule has 1 unspecified atom stereocenters. The third kappa shape index (κ3) is 3.92. The lowest BCUT2D eigenvalue weighted by Crippen LogP contribution is -2.43. The molecule has 0 saturated carbocycles. The molecule has 1 saturated heterocycles. The lowest BCUT2D eigenvalue weighted by molar-refractivity contribution is -0.137. The number of aliphatic carboxylic acids is 1. The van der Waals surface area contributed by atoms with E-state index in [0.717, 1.165) is 17.2 Å². The van der Waals surface area contributed by atoms with Crippen LogP contribution in [0.2, 0.25) is 0 Å². The smallest absolute Gasteiger partial charge is 0.303 e. The lowest BCUT2D eigenvalue weighted by atomic mass is 10.1. The van der Waals surface area contributed by atoms with Crippen molar-refractivity contribution in [3.05, 3.63) is 11.1 Å². The third-order valence-corrected chi connectivity index (χ3v) is 3.92. The van der Waals surface area contributed by atoms with Crippen LogP contribution in [-0.2, 0) is 16.0 Å². The van der Waals surface area contributed by atoms with Crippen LogP contribution < -0.4 is 5.32 Å². The Morgan fingerprint density at radius 3 is 3.16 bits per heavy atom. The van der Waals surface area contributed by atoms with Gasteiger partial charge < -0.3 is 15.3 Å². The zero-order valence-electron chi connectivity index (χ0n) is 10.8. The molecular formula is C12H17N3O3S. The van der Waals surface area contributed by atoms with Gasteiger partial charge in [-0.2, -0.15) is 0 Å². The molecule has 1 aliphatic rings. The van der Waals surface area contributed by atoms with E-state index in [9.17, 15) is 9.59 Å². The van der Waals surface area contributed by atoms with Gasteiger partial charge in [-0.1, -0.05) is 0 Å². The molecule has 0 spiro atoms. The van der Waals surface area contributed by atoms with E-state index in [1.54, 1.807) is 11.9 Å². The fraction of sp³-hybridized carbons (Fsp3) is 0.583. The van der Waals surface area contributed by atoms with Crippen molar-refractivity contribution in [1.82, 2.24) is 9.88 Å². The molecule has 1 aromatic rings. The summed E-state index contributed by atoms with van der Waals surface area (Å²) in [6.07, 6.45) is 1.93. The number of hydrogen-bond donors (Lipinski definition) is 2. The fourth-order valence-corrected chi connectivity index (χ4v) is 2.85. The molecule has 0 aromatic carbocycles. The highest BCUT2D eigenvalue weighted by molar-refractivity contribution is 7.13. The van der Waals surface area contributed by atoms with Crippen LogP contribution in [0, 0.1) is 0 Å². The van der Waals surface area contributed by atoms with Gasteiger partial charge in [0.25, 0.3) is 0 Å². The van der Waals surface area contributed by atoms with Crippen LogP contribution in [0.1, 0.15) is 25.0 Å². The van der Waals surface area contributed by atoms with Crippen LogP contribution in [-0.4, -0.2) is 46.5 Å². The molecule has 2 heterocycles. The van der Waals surface area contributed by atoms with Crippen LogP contribution in [0.25, 0.3) is 0 Å². The van der Waals surface area contributed by atoms with Gasteiger partial charge in [-0.3, -0.25) is 9.59 Å². The Balaban J connectivity index is 1.86. The SMILES string of the molecule is CN1CC(Nc2nc(CCC(=O)O)cs2)CCC1=O. The number of hydrogen-bond acceptors (Lipinski definition) is 5. The minimum absolute atomic E-state index is 0.101. The molecule has 7 heteroatoms. The molecule has 6 nitrogen and oxygen atoms in total. The van der Waals surface area contributed by atoms with Crippen molar-refractivity contribution in [1.29, 1.82) is 0 Å². The quantitative estimate of drug-likeness (QED) is 0.848. The maximum atomic E-state index is 11.4. The highest BCUT2D eigenvalue weighted by atomic mass is 32.1. The number of nitrogens with zero attached hydrogens (tertiary/aromatic N) is 2. The normalized spacial score (nSPS) is 19.5. The molecular weight excluding hydrogens is 266 g/mol. The van der Waals surface area contributed by atoms with Gasteiger partial charge in [0.2, 0.25) is 5.91 Å². The summed E-state index contributed by atoms with van der Waals surface area (Å²) in [5, 5.41) is 14.6. The first-order valence-corrected chi connectivity index (χ1v) is 7.09. The number of likely N-dealkylation sites (tertiary alicyclic amines) is 1. The second kappa shape index (κ2) is 6.01. The van der Waals surface area contributed by atoms with Crippen LogP contribution in [0.3, 0.4) is 0 Å². The summed E-state index contributed by atoms with van der Waals surface area (Å²) in [5.41, 5.74) is 0.801. The van der Waals surface area contributed by atoms with E-state index in [1.165, 1.54) is 11.3 Å². The number of nitrogens with one attached hydrogen (secondary N) is 1. The predicted octanol–water partition coefficient (Wildman–Crippen LogP) is 1.19. The molecule has 0 bridgehead atoms. The van der Waals surface area contributed by atoms with Crippen LogP contribution in [0.4, 0.5) is 5.13 Å². The van der Waals surface area contributed by atoms with E-state index in [4.69, 9.17) is 5.11 Å². The summed E-state index contributed by atoms with van der Waals surface area (Å²) in [5.74, 6) is -0.630. The Morgan fingerprint density at radius 1 is 1.68 bits per heavy atom. The average molecular weight is 283 g/mol. The van der Waals surface area contributed by atoms with Crippen molar-refractivity contribution in [2.75, 3.05) is 18.9 Å². The molecule has 1 atom stereocenters. The highest BCUT2D eigenvalue weighted by Crippen LogP contribution is 2.20. The second-order valence-corrected chi connectivity index (χ2v) is 5.55. The summed E-state index contributed by atoms with van der Waals surface area (Å²) < 4.78 is 0. The van der Waals surface area contributed by atoms with E-state index >= 15 is 0 Å². The monoisotopic (exact) mass is 283 g/mol. The Morgan fingerprint density at radius 2 is 2.47 bits per heavy atom. The number of thiazole rings is 1. The number of carboxylic acid groups (broad SMARTS) is 1. The summed E-state index contributed by atoms with van der Waals surface area (Å²) in [6, 6.07) is 0.223. The largest absolute Gasteiger partial charge is 0.481 e. The minimum Gasteiger partial charge on any atom is -0.481 e. The summed E-state index contributed by atoms with van der Waals surface area (Å²) >= 11 is 1.48. The maximum absolute atomic E-state index is 11.4. The Kier molecular flexibility index (Phi) is 4.36. The van der Waals surface area contributed by atoms with Gasteiger partial charge in [-0.25, -0.2) is 4.98 Å². The number of rotatable bonds is 5. The predicted molar refractivity (Wildman–Crippen MR) is 72.4 cm³/mol. The van der Waals surface area contributed by atoms with Crippen molar-refractivity contribution < 1.29 is 14.7 Å². The van der Waals surface area contributed by atoms with Gasteiger partial charge in [0.15, 0.2) is 5.13 Å². The topological polar surface area (TPSA) is 82.5 Å². The summed E-state index contributed by atoms with van der Waals surface area (Å²) in [7, 11) is 1.80. The highest BCUT2D eigenvalue weighted by Gasteiger charge is 2.23. The minimum atomic E-state index is -0.810. The van der Waals surface area contributed by atoms with Crippen molar-refractivity contribution in [3.8, 4) is 0 Å². The third-order valence-electron chi connectivity index (χ3n) is 3.10. The standard InChI is InChI=1S/C12H17N3O3S/c1-15-6-8(2-4-10(15)16)13-12-14-9(7-19-12)3-5-11(17)18/h7-8H,2-6H2,1H3,(H,13,14)(H,17,18). The number of likely N-dealkylation sites (N-methyl/N-ethyl adjacent to an activating group) is 1. The average Bonchev–Trinajstić information content (AvgIpc) is 2.79. The number of aromatic nitrogens is 1. The van der Waals surface area contributed by atoms with Gasteiger partial charge in [-0.15, -0.1) is 11.3 Å². The molecule has 1 aromatic heterocycles. The van der Waals surface area contributed by atoms with Gasteiger partial charge in [0, 0.05) is 37.9 Å². The number of amides is 1. The van der Waals surface area contributed by atoms with Gasteiger partial charge in [0.05, 0.1) is 12.1 Å². The molecule has 19 heavy (non-hydrogen) atoms. The van der Waals surface area contributed by atoms with Crippen LogP contribution in [0.15, 0.2) is 5.38 Å². The first-order chi connectivity index (χ1) is 9.04. The molecule has 0 radical (unpaired) electrons. The first-order valence-electron chi connectivity index (χ1n) is 6.21. The van der Waals surface area contributed by atoms with Crippen molar-refractivity contribution in [3.63, 3.8) is 0 Å².